The fourth-order valence-electron chi connectivity index (χ4n) is 0.618. The van der Waals surface area contributed by atoms with Crippen molar-refractivity contribution in [2.45, 2.75) is 30.6 Å². The van der Waals surface area contributed by atoms with Crippen molar-refractivity contribution in [2.24, 2.45) is 0 Å². The lowest BCUT2D eigenvalue weighted by atomic mass is 10.0. The summed E-state index contributed by atoms with van der Waals surface area (Å²) in [6.07, 6.45) is -11.9. The van der Waals surface area contributed by atoms with Crippen LogP contribution in [0.2, 0.25) is 0 Å². The van der Waals surface area contributed by atoms with E-state index in [0.29, 0.717) is 0 Å². The maximum Gasteiger partial charge on any atom is 0.490 e. The molecule has 0 unspecified atom stereocenters. The first-order valence-electron chi connectivity index (χ1n) is 4.57. The fraction of sp³-hybridized carbons (Fsp3) is 0.750. The first kappa shape index (κ1) is 20.1. The SMILES string of the molecule is O=C(O)C(F)(F)F.O=C[C@H](O)[C@@H](O)[C@H](O)[C@H](O)CO. The zero-order chi connectivity index (χ0) is 15.8. The van der Waals surface area contributed by atoms with Crippen molar-refractivity contribution in [2.75, 3.05) is 6.61 Å². The highest BCUT2D eigenvalue weighted by Gasteiger charge is 2.38. The molecule has 0 aliphatic heterocycles. The predicted molar refractivity (Wildman–Crippen MR) is 50.9 cm³/mol. The highest BCUT2D eigenvalue weighted by Crippen LogP contribution is 2.13. The molecule has 0 bridgehead atoms. The molecule has 4 atom stereocenters. The van der Waals surface area contributed by atoms with E-state index in [2.05, 4.69) is 0 Å². The molecule has 0 radical (unpaired) electrons. The van der Waals surface area contributed by atoms with Gasteiger partial charge < -0.3 is 35.4 Å². The molecule has 0 saturated heterocycles. The molecule has 0 aromatic rings. The van der Waals surface area contributed by atoms with Crippen molar-refractivity contribution in [3.05, 3.63) is 0 Å². The van der Waals surface area contributed by atoms with Crippen molar-refractivity contribution >= 4 is 12.3 Å². The lowest BCUT2D eigenvalue weighted by molar-refractivity contribution is -0.192. The lowest BCUT2D eigenvalue weighted by Crippen LogP contribution is -2.46. The second kappa shape index (κ2) is 8.77. The Labute approximate surface area is 104 Å². The molecule has 19 heavy (non-hydrogen) atoms. The van der Waals surface area contributed by atoms with Crippen LogP contribution in [0.3, 0.4) is 0 Å². The van der Waals surface area contributed by atoms with Crippen LogP contribution in [0, 0.1) is 0 Å². The van der Waals surface area contributed by atoms with E-state index in [1.165, 1.54) is 0 Å². The van der Waals surface area contributed by atoms with Gasteiger partial charge in [-0.05, 0) is 0 Å². The van der Waals surface area contributed by atoms with E-state index in [-0.39, 0.29) is 6.29 Å². The minimum Gasteiger partial charge on any atom is -0.475 e. The topological polar surface area (TPSA) is 156 Å². The summed E-state index contributed by atoms with van der Waals surface area (Å²) < 4.78 is 31.7. The van der Waals surface area contributed by atoms with Gasteiger partial charge in [0.25, 0.3) is 0 Å². The molecule has 0 aromatic carbocycles. The van der Waals surface area contributed by atoms with Gasteiger partial charge in [-0.3, -0.25) is 0 Å². The maximum absolute atomic E-state index is 10.6. The average Bonchev–Trinajstić information content (AvgIpc) is 2.34. The van der Waals surface area contributed by atoms with Crippen molar-refractivity contribution in [1.82, 2.24) is 0 Å². The minimum atomic E-state index is -5.08. The molecule has 0 heterocycles. The highest BCUT2D eigenvalue weighted by molar-refractivity contribution is 5.73. The van der Waals surface area contributed by atoms with Gasteiger partial charge in [0.15, 0.2) is 6.29 Å². The quantitative estimate of drug-likeness (QED) is 0.298. The zero-order valence-corrected chi connectivity index (χ0v) is 9.23. The molecule has 114 valence electrons. The number of hydrogen-bond donors (Lipinski definition) is 6. The van der Waals surface area contributed by atoms with Crippen molar-refractivity contribution in [3.63, 3.8) is 0 Å². The molecule has 0 spiro atoms. The number of halogens is 3. The Morgan fingerprint density at radius 1 is 1.11 bits per heavy atom. The van der Waals surface area contributed by atoms with Gasteiger partial charge in [0.2, 0.25) is 0 Å². The van der Waals surface area contributed by atoms with E-state index in [0.717, 1.165) is 0 Å². The van der Waals surface area contributed by atoms with E-state index in [4.69, 9.17) is 35.4 Å². The normalized spacial score (nSPS) is 17.5. The monoisotopic (exact) mass is 294 g/mol. The van der Waals surface area contributed by atoms with E-state index < -0.39 is 43.2 Å². The highest BCUT2D eigenvalue weighted by atomic mass is 19.4. The molecule has 11 heteroatoms. The molecule has 8 nitrogen and oxygen atoms in total. The summed E-state index contributed by atoms with van der Waals surface area (Å²) in [6, 6.07) is 0. The third kappa shape index (κ3) is 8.45. The number of alkyl halides is 3. The first-order valence-corrected chi connectivity index (χ1v) is 4.57. The van der Waals surface area contributed by atoms with Crippen LogP contribution in [0.5, 0.6) is 0 Å². The third-order valence-corrected chi connectivity index (χ3v) is 1.66. The molecule has 6 N–H and O–H groups in total. The number of aliphatic carboxylic acids is 1. The number of hydrogen-bond acceptors (Lipinski definition) is 7. The fourth-order valence-corrected chi connectivity index (χ4v) is 0.618. The minimum absolute atomic E-state index is 0.0258. The summed E-state index contributed by atoms with van der Waals surface area (Å²) in [5.74, 6) is -2.76. The van der Waals surface area contributed by atoms with Crippen molar-refractivity contribution < 1.29 is 53.4 Å². The van der Waals surface area contributed by atoms with Crippen LogP contribution in [-0.2, 0) is 9.59 Å². The van der Waals surface area contributed by atoms with Gasteiger partial charge in [-0.2, -0.15) is 13.2 Å². The Balaban J connectivity index is 0. The van der Waals surface area contributed by atoms with Crippen LogP contribution in [0.25, 0.3) is 0 Å². The van der Waals surface area contributed by atoms with E-state index >= 15 is 0 Å². The van der Waals surface area contributed by atoms with Gasteiger partial charge in [-0.15, -0.1) is 0 Å². The number of carbonyl (C=O) groups excluding carboxylic acids is 1. The second-order valence-corrected chi connectivity index (χ2v) is 3.16. The summed E-state index contributed by atoms with van der Waals surface area (Å²) >= 11 is 0. The number of aliphatic hydroxyl groups is 5. The molecule has 0 amide bonds. The van der Waals surface area contributed by atoms with Gasteiger partial charge >= 0.3 is 12.1 Å². The van der Waals surface area contributed by atoms with Gasteiger partial charge in [-0.25, -0.2) is 4.79 Å². The van der Waals surface area contributed by atoms with E-state index in [1.807, 2.05) is 0 Å². The molecule has 0 aromatic heterocycles. The van der Waals surface area contributed by atoms with E-state index in [9.17, 15) is 18.0 Å². The van der Waals surface area contributed by atoms with Crippen molar-refractivity contribution in [3.8, 4) is 0 Å². The molecular formula is C8H13F3O8. The average molecular weight is 294 g/mol. The van der Waals surface area contributed by atoms with Crippen molar-refractivity contribution in [1.29, 1.82) is 0 Å². The Morgan fingerprint density at radius 3 is 1.68 bits per heavy atom. The predicted octanol–water partition coefficient (Wildman–Crippen LogP) is -2.75. The summed E-state index contributed by atoms with van der Waals surface area (Å²) in [5, 5.41) is 50.7. The molecular weight excluding hydrogens is 281 g/mol. The largest absolute Gasteiger partial charge is 0.490 e. The van der Waals surface area contributed by atoms with Gasteiger partial charge in [0, 0.05) is 0 Å². The third-order valence-electron chi connectivity index (χ3n) is 1.66. The van der Waals surface area contributed by atoms with Gasteiger partial charge in [0.1, 0.15) is 24.4 Å². The Hall–Kier alpha value is -1.27. The van der Waals surface area contributed by atoms with Crippen LogP contribution in [0.15, 0.2) is 0 Å². The molecule has 0 rings (SSSR count). The number of carbonyl (C=O) groups is 2. The van der Waals surface area contributed by atoms with Crippen LogP contribution in [0.4, 0.5) is 13.2 Å². The van der Waals surface area contributed by atoms with Crippen LogP contribution < -0.4 is 0 Å². The Kier molecular flexibility index (Phi) is 9.25. The molecule has 0 saturated carbocycles. The van der Waals surface area contributed by atoms with Crippen LogP contribution in [-0.4, -0.2) is 80.1 Å². The summed E-state index contributed by atoms with van der Waals surface area (Å²) in [6.45, 7) is -0.760. The standard InChI is InChI=1S/C6H12O6.C2HF3O2/c7-1-3(9)5(11)6(12)4(10)2-8;3-2(4,5)1(6)7/h1,3-6,8-12H,2H2;(H,6,7)/t3-,4+,5+,6+;/m0./s1. The lowest BCUT2D eigenvalue weighted by Gasteiger charge is -2.22. The maximum atomic E-state index is 10.6. The number of aldehydes is 1. The van der Waals surface area contributed by atoms with E-state index in [1.54, 1.807) is 0 Å². The molecule has 0 aliphatic rings. The number of carboxylic acid groups (broad SMARTS) is 1. The second-order valence-electron chi connectivity index (χ2n) is 3.16. The van der Waals surface area contributed by atoms with Crippen LogP contribution >= 0.6 is 0 Å². The number of carboxylic acids is 1. The Morgan fingerprint density at radius 2 is 1.47 bits per heavy atom. The van der Waals surface area contributed by atoms with Gasteiger partial charge in [-0.1, -0.05) is 0 Å². The smallest absolute Gasteiger partial charge is 0.475 e. The van der Waals surface area contributed by atoms with Gasteiger partial charge in [0.05, 0.1) is 6.61 Å². The zero-order valence-electron chi connectivity index (χ0n) is 9.23. The molecule has 0 fully saturated rings. The first-order chi connectivity index (χ1) is 8.48. The number of rotatable bonds is 5. The van der Waals surface area contributed by atoms with Crippen LogP contribution in [0.1, 0.15) is 0 Å². The number of aliphatic hydroxyl groups excluding tert-OH is 5. The summed E-state index contributed by atoms with van der Waals surface area (Å²) in [4.78, 5) is 18.8. The summed E-state index contributed by atoms with van der Waals surface area (Å²) in [7, 11) is 0. The molecule has 0 aliphatic carbocycles. The Bertz CT molecular complexity index is 282. The summed E-state index contributed by atoms with van der Waals surface area (Å²) in [5.41, 5.74) is 0.